The first-order valence-corrected chi connectivity index (χ1v) is 6.11. The molecule has 0 aromatic heterocycles. The Bertz CT molecular complexity index is 464. The summed E-state index contributed by atoms with van der Waals surface area (Å²) in [5.74, 6) is -0.0887. The highest BCUT2D eigenvalue weighted by atomic mass is 19.1. The van der Waals surface area contributed by atoms with Crippen molar-refractivity contribution in [2.24, 2.45) is 0 Å². The Kier molecular flexibility index (Phi) is 4.28. The third-order valence-electron chi connectivity index (χ3n) is 3.31. The highest BCUT2D eigenvalue weighted by Gasteiger charge is 2.28. The first kappa shape index (κ1) is 13.7. The Balaban J connectivity index is 2.35. The highest BCUT2D eigenvalue weighted by molar-refractivity contribution is 5.46. The lowest BCUT2D eigenvalue weighted by atomic mass is 10.0. The Hall–Kier alpha value is -1.73. The van der Waals surface area contributed by atoms with Crippen LogP contribution in [0.1, 0.15) is 11.6 Å². The van der Waals surface area contributed by atoms with Gasteiger partial charge in [-0.15, -0.1) is 0 Å². The lowest BCUT2D eigenvalue weighted by Gasteiger charge is -2.33. The molecule has 0 amide bonds. The van der Waals surface area contributed by atoms with Crippen LogP contribution in [0.5, 0.6) is 5.75 Å². The van der Waals surface area contributed by atoms with E-state index in [4.69, 9.17) is 0 Å². The predicted octanol–water partition coefficient (Wildman–Crippen LogP) is 1.22. The van der Waals surface area contributed by atoms with Gasteiger partial charge in [-0.25, -0.2) is 4.39 Å². The summed E-state index contributed by atoms with van der Waals surface area (Å²) >= 11 is 0. The maximum absolute atomic E-state index is 13.3. The summed E-state index contributed by atoms with van der Waals surface area (Å²) in [7, 11) is 0. The van der Waals surface area contributed by atoms with E-state index < -0.39 is 17.6 Å². The minimum atomic E-state index is -0.718. The van der Waals surface area contributed by atoms with Gasteiger partial charge >= 0.3 is 0 Å². The van der Waals surface area contributed by atoms with Crippen molar-refractivity contribution >= 4 is 5.69 Å². The standard InChI is InChI=1S/C12H16FN3O3/c13-8-12(15-5-3-14-4-6-15)10-7-9(17)1-2-11(10)16(18)19/h1-2,7,12,14,17H,3-6,8H2/t12-/m1/s1. The molecule has 104 valence electrons. The predicted molar refractivity (Wildman–Crippen MR) is 67.9 cm³/mol. The maximum Gasteiger partial charge on any atom is 0.274 e. The van der Waals surface area contributed by atoms with Crippen LogP contribution in [0.4, 0.5) is 10.1 Å². The molecule has 0 saturated carbocycles. The summed E-state index contributed by atoms with van der Waals surface area (Å²) in [5.41, 5.74) is 0.0772. The van der Waals surface area contributed by atoms with E-state index in [0.717, 1.165) is 13.1 Å². The van der Waals surface area contributed by atoms with Crippen LogP contribution < -0.4 is 5.32 Å². The van der Waals surface area contributed by atoms with Crippen LogP contribution in [0.15, 0.2) is 18.2 Å². The van der Waals surface area contributed by atoms with Gasteiger partial charge in [0.05, 0.1) is 16.5 Å². The molecule has 1 aliphatic rings. The first-order valence-electron chi connectivity index (χ1n) is 6.11. The lowest BCUT2D eigenvalue weighted by molar-refractivity contribution is -0.386. The zero-order valence-corrected chi connectivity index (χ0v) is 10.4. The number of phenols is 1. The normalized spacial score (nSPS) is 18.2. The fraction of sp³-hybridized carbons (Fsp3) is 0.500. The van der Waals surface area contributed by atoms with Gasteiger partial charge in [-0.1, -0.05) is 0 Å². The lowest BCUT2D eigenvalue weighted by Crippen LogP contribution is -2.45. The number of nitro groups is 1. The van der Waals surface area contributed by atoms with Crippen LogP contribution >= 0.6 is 0 Å². The summed E-state index contributed by atoms with van der Waals surface area (Å²) in [6.07, 6.45) is 0. The van der Waals surface area contributed by atoms with Gasteiger partial charge in [-0.2, -0.15) is 0 Å². The van der Waals surface area contributed by atoms with Crippen molar-refractivity contribution in [2.45, 2.75) is 6.04 Å². The largest absolute Gasteiger partial charge is 0.508 e. The van der Waals surface area contributed by atoms with Gasteiger partial charge in [0.2, 0.25) is 0 Å². The summed E-state index contributed by atoms with van der Waals surface area (Å²) < 4.78 is 13.3. The SMILES string of the molecule is O=[N+]([O-])c1ccc(O)cc1[C@@H](CF)N1CCNCC1. The van der Waals surface area contributed by atoms with Crippen molar-refractivity contribution < 1.29 is 14.4 Å². The number of phenolic OH excluding ortho intramolecular Hbond substituents is 1. The molecular weight excluding hydrogens is 253 g/mol. The number of piperazine rings is 1. The van der Waals surface area contributed by atoms with Crippen LogP contribution in [0.3, 0.4) is 0 Å². The zero-order valence-electron chi connectivity index (χ0n) is 10.4. The van der Waals surface area contributed by atoms with Gasteiger partial charge in [0.15, 0.2) is 0 Å². The van der Waals surface area contributed by atoms with Crippen LogP contribution in [0, 0.1) is 10.1 Å². The van der Waals surface area contributed by atoms with Gasteiger partial charge in [0.1, 0.15) is 12.4 Å². The smallest absolute Gasteiger partial charge is 0.274 e. The van der Waals surface area contributed by atoms with E-state index in [2.05, 4.69) is 5.32 Å². The van der Waals surface area contributed by atoms with E-state index in [9.17, 15) is 19.6 Å². The molecule has 0 unspecified atom stereocenters. The fourth-order valence-electron chi connectivity index (χ4n) is 2.35. The number of nitrogens with one attached hydrogen (secondary N) is 1. The molecule has 7 heteroatoms. The quantitative estimate of drug-likeness (QED) is 0.634. The number of hydrogen-bond acceptors (Lipinski definition) is 5. The van der Waals surface area contributed by atoms with E-state index in [1.54, 1.807) is 0 Å². The average Bonchev–Trinajstić information content (AvgIpc) is 2.40. The molecule has 2 rings (SSSR count). The van der Waals surface area contributed by atoms with Gasteiger partial charge < -0.3 is 10.4 Å². The summed E-state index contributed by atoms with van der Waals surface area (Å²) in [6, 6.07) is 3.06. The molecule has 0 bridgehead atoms. The number of rotatable bonds is 4. The summed E-state index contributed by atoms with van der Waals surface area (Å²) in [5, 5.41) is 23.6. The molecule has 1 fully saturated rings. The Labute approximate surface area is 110 Å². The number of hydrogen-bond donors (Lipinski definition) is 2. The molecule has 19 heavy (non-hydrogen) atoms. The average molecular weight is 269 g/mol. The van der Waals surface area contributed by atoms with Gasteiger partial charge in [-0.3, -0.25) is 15.0 Å². The van der Waals surface area contributed by atoms with E-state index in [-0.39, 0.29) is 17.0 Å². The molecule has 0 aliphatic carbocycles. The van der Waals surface area contributed by atoms with Gasteiger partial charge in [-0.05, 0) is 12.1 Å². The zero-order chi connectivity index (χ0) is 13.8. The molecule has 0 radical (unpaired) electrons. The fourth-order valence-corrected chi connectivity index (χ4v) is 2.35. The molecule has 1 aromatic carbocycles. The Morgan fingerprint density at radius 3 is 2.74 bits per heavy atom. The van der Waals surface area contributed by atoms with Crippen LogP contribution in [0.25, 0.3) is 0 Å². The number of nitro benzene ring substituents is 1. The van der Waals surface area contributed by atoms with E-state index >= 15 is 0 Å². The first-order chi connectivity index (χ1) is 9.13. The Morgan fingerprint density at radius 2 is 2.16 bits per heavy atom. The van der Waals surface area contributed by atoms with E-state index in [1.807, 2.05) is 4.90 Å². The van der Waals surface area contributed by atoms with Crippen molar-refractivity contribution in [1.29, 1.82) is 0 Å². The molecule has 6 nitrogen and oxygen atoms in total. The molecule has 1 aromatic rings. The molecule has 2 N–H and O–H groups in total. The summed E-state index contributed by atoms with van der Waals surface area (Å²) in [4.78, 5) is 12.3. The molecule has 1 atom stereocenters. The number of aromatic hydroxyl groups is 1. The van der Waals surface area contributed by atoms with Crippen molar-refractivity contribution in [3.8, 4) is 5.75 Å². The number of alkyl halides is 1. The Morgan fingerprint density at radius 1 is 1.47 bits per heavy atom. The van der Waals surface area contributed by atoms with Gasteiger partial charge in [0, 0.05) is 32.2 Å². The minimum absolute atomic E-state index is 0.0887. The molecular formula is C12H16FN3O3. The van der Waals surface area contributed by atoms with Crippen molar-refractivity contribution in [3.63, 3.8) is 0 Å². The van der Waals surface area contributed by atoms with E-state index in [1.165, 1.54) is 18.2 Å². The molecule has 1 aliphatic heterocycles. The second kappa shape index (κ2) is 5.94. The van der Waals surface area contributed by atoms with Crippen molar-refractivity contribution in [2.75, 3.05) is 32.9 Å². The summed E-state index contributed by atoms with van der Waals surface area (Å²) in [6.45, 7) is 1.99. The van der Waals surface area contributed by atoms with Crippen LogP contribution in [-0.2, 0) is 0 Å². The van der Waals surface area contributed by atoms with Crippen LogP contribution in [-0.4, -0.2) is 47.8 Å². The molecule has 1 saturated heterocycles. The monoisotopic (exact) mass is 269 g/mol. The minimum Gasteiger partial charge on any atom is -0.508 e. The maximum atomic E-state index is 13.3. The highest BCUT2D eigenvalue weighted by Crippen LogP contribution is 2.32. The molecule has 1 heterocycles. The van der Waals surface area contributed by atoms with Crippen LogP contribution in [0.2, 0.25) is 0 Å². The van der Waals surface area contributed by atoms with Crippen molar-refractivity contribution in [3.05, 3.63) is 33.9 Å². The second-order valence-electron chi connectivity index (χ2n) is 4.46. The molecule has 0 spiro atoms. The second-order valence-corrected chi connectivity index (χ2v) is 4.46. The third kappa shape index (κ3) is 2.99. The van der Waals surface area contributed by atoms with Gasteiger partial charge in [0.25, 0.3) is 5.69 Å². The van der Waals surface area contributed by atoms with E-state index in [0.29, 0.717) is 13.1 Å². The van der Waals surface area contributed by atoms with Crippen molar-refractivity contribution in [1.82, 2.24) is 10.2 Å². The third-order valence-corrected chi connectivity index (χ3v) is 3.31. The number of halogens is 1. The number of nitrogens with zero attached hydrogens (tertiary/aromatic N) is 2. The topological polar surface area (TPSA) is 78.6 Å². The number of benzene rings is 1.